The number of aromatic nitrogens is 5. The molecule has 2 aromatic carbocycles. The maximum absolute atomic E-state index is 13.1. The first-order valence-electron chi connectivity index (χ1n) is 11.6. The highest BCUT2D eigenvalue weighted by molar-refractivity contribution is 7.99. The predicted octanol–water partition coefficient (Wildman–Crippen LogP) is 3.45. The number of hydrogen-bond acceptors (Lipinski definition) is 7. The number of rotatable bonds is 8. The first-order valence-corrected chi connectivity index (χ1v) is 14.8. The zero-order valence-corrected chi connectivity index (χ0v) is 22.0. The van der Waals surface area contributed by atoms with E-state index in [1.54, 1.807) is 17.3 Å². The quantitative estimate of drug-likeness (QED) is 0.313. The lowest BCUT2D eigenvalue weighted by molar-refractivity contribution is -0.129. The van der Waals surface area contributed by atoms with E-state index >= 15 is 0 Å². The van der Waals surface area contributed by atoms with Crippen LogP contribution in [0.3, 0.4) is 0 Å². The average Bonchev–Trinajstić information content (AvgIpc) is 3.56. The summed E-state index contributed by atoms with van der Waals surface area (Å²) in [7, 11) is -3.09. The maximum atomic E-state index is 13.1. The monoisotopic (exact) mass is 544 g/mol. The highest BCUT2D eigenvalue weighted by Gasteiger charge is 2.34. The molecule has 0 aliphatic carbocycles. The second-order valence-electron chi connectivity index (χ2n) is 8.57. The van der Waals surface area contributed by atoms with Crippen LogP contribution in [0.25, 0.3) is 16.7 Å². The van der Waals surface area contributed by atoms with Gasteiger partial charge >= 0.3 is 0 Å². The van der Waals surface area contributed by atoms with Gasteiger partial charge in [-0.05, 0) is 37.6 Å². The zero-order valence-electron chi connectivity index (χ0n) is 19.6. The Kier molecular flexibility index (Phi) is 7.05. The molecule has 1 aliphatic heterocycles. The number of fused-ring (bicyclic) bond motifs is 1. The van der Waals surface area contributed by atoms with Crippen molar-refractivity contribution in [3.63, 3.8) is 0 Å². The lowest BCUT2D eigenvalue weighted by Crippen LogP contribution is -2.42. The normalized spacial score (nSPS) is 17.0. The topological polar surface area (TPSA) is 103 Å². The van der Waals surface area contributed by atoms with Crippen molar-refractivity contribution in [3.05, 3.63) is 65.7 Å². The summed E-state index contributed by atoms with van der Waals surface area (Å²) in [6, 6.07) is 15.0. The summed E-state index contributed by atoms with van der Waals surface area (Å²) in [5, 5.41) is 9.89. The van der Waals surface area contributed by atoms with Gasteiger partial charge in [-0.1, -0.05) is 47.6 Å². The number of imidazole rings is 1. The molecule has 4 aromatic rings. The summed E-state index contributed by atoms with van der Waals surface area (Å²) in [6.07, 6.45) is 2.24. The van der Waals surface area contributed by atoms with Gasteiger partial charge in [-0.25, -0.2) is 13.4 Å². The molecule has 36 heavy (non-hydrogen) atoms. The van der Waals surface area contributed by atoms with Crippen LogP contribution in [0.1, 0.15) is 19.2 Å². The molecule has 1 atom stereocenters. The molecular formula is C24H25ClN6O3S2. The molecular weight excluding hydrogens is 520 g/mol. The number of sulfone groups is 1. The summed E-state index contributed by atoms with van der Waals surface area (Å²) in [5.74, 6) is 0.787. The van der Waals surface area contributed by atoms with Gasteiger partial charge in [0.15, 0.2) is 20.8 Å². The number of benzene rings is 2. The third-order valence-electron chi connectivity index (χ3n) is 6.27. The minimum absolute atomic E-state index is 0.0239. The third-order valence-corrected chi connectivity index (χ3v) is 9.25. The van der Waals surface area contributed by atoms with E-state index < -0.39 is 9.84 Å². The summed E-state index contributed by atoms with van der Waals surface area (Å²) in [4.78, 5) is 19.2. The summed E-state index contributed by atoms with van der Waals surface area (Å²) in [5.41, 5.74) is 2.57. The number of para-hydroxylation sites is 3. The van der Waals surface area contributed by atoms with Crippen LogP contribution < -0.4 is 0 Å². The van der Waals surface area contributed by atoms with E-state index in [-0.39, 0.29) is 29.2 Å². The SMILES string of the molecule is CCN(C(=O)CSc1nnc(Cn2cnc3ccccc32)n1-c1ccccc1Cl)C1CCS(=O)(=O)C1. The lowest BCUT2D eigenvalue weighted by atomic mass is 10.2. The number of amides is 1. The summed E-state index contributed by atoms with van der Waals surface area (Å²) in [6.45, 7) is 2.73. The van der Waals surface area contributed by atoms with Crippen LogP contribution in [0, 0.1) is 0 Å². The van der Waals surface area contributed by atoms with E-state index in [1.807, 2.05) is 58.5 Å². The number of thioether (sulfide) groups is 1. The fourth-order valence-corrected chi connectivity index (χ4v) is 7.33. The van der Waals surface area contributed by atoms with Gasteiger partial charge in [0.1, 0.15) is 0 Å². The van der Waals surface area contributed by atoms with Gasteiger partial charge in [0, 0.05) is 12.6 Å². The van der Waals surface area contributed by atoms with E-state index in [0.717, 1.165) is 11.0 Å². The highest BCUT2D eigenvalue weighted by atomic mass is 35.5. The minimum Gasteiger partial charge on any atom is -0.338 e. The molecule has 1 amide bonds. The van der Waals surface area contributed by atoms with Crippen molar-refractivity contribution in [3.8, 4) is 5.69 Å². The largest absolute Gasteiger partial charge is 0.338 e. The molecule has 188 valence electrons. The van der Waals surface area contributed by atoms with Crippen LogP contribution in [-0.4, -0.2) is 73.4 Å². The number of carbonyl (C=O) groups is 1. The first-order chi connectivity index (χ1) is 17.4. The Labute approximate surface area is 218 Å². The molecule has 1 fully saturated rings. The maximum Gasteiger partial charge on any atom is 0.233 e. The van der Waals surface area contributed by atoms with Crippen LogP contribution in [-0.2, 0) is 21.2 Å². The summed E-state index contributed by atoms with van der Waals surface area (Å²) < 4.78 is 27.7. The second-order valence-corrected chi connectivity index (χ2v) is 12.2. The molecule has 1 aliphatic rings. The van der Waals surface area contributed by atoms with Gasteiger partial charge in [-0.15, -0.1) is 10.2 Å². The Hall–Kier alpha value is -2.89. The fourth-order valence-electron chi connectivity index (χ4n) is 4.53. The first kappa shape index (κ1) is 24.8. The molecule has 0 saturated carbocycles. The molecule has 0 radical (unpaired) electrons. The van der Waals surface area contributed by atoms with Crippen LogP contribution in [0.2, 0.25) is 5.02 Å². The van der Waals surface area contributed by atoms with Crippen LogP contribution in [0.5, 0.6) is 0 Å². The van der Waals surface area contributed by atoms with Crippen molar-refractivity contribution in [2.45, 2.75) is 31.1 Å². The number of nitrogens with zero attached hydrogens (tertiary/aromatic N) is 6. The molecule has 9 nitrogen and oxygen atoms in total. The van der Waals surface area contributed by atoms with Gasteiger partial charge in [0.25, 0.3) is 0 Å². The van der Waals surface area contributed by atoms with Gasteiger partial charge in [0.2, 0.25) is 5.91 Å². The number of halogens is 1. The smallest absolute Gasteiger partial charge is 0.233 e. The van der Waals surface area contributed by atoms with Gasteiger partial charge < -0.3 is 9.47 Å². The van der Waals surface area contributed by atoms with Crippen LogP contribution in [0.4, 0.5) is 0 Å². The van der Waals surface area contributed by atoms with Crippen molar-refractivity contribution in [1.29, 1.82) is 0 Å². The van der Waals surface area contributed by atoms with E-state index in [9.17, 15) is 13.2 Å². The minimum atomic E-state index is -3.09. The number of carbonyl (C=O) groups excluding carboxylic acids is 1. The molecule has 0 bridgehead atoms. The van der Waals surface area contributed by atoms with Crippen molar-refractivity contribution in [2.24, 2.45) is 0 Å². The standard InChI is InChI=1S/C24H25ClN6O3S2/c1-2-30(17-11-12-36(33,34)15-17)23(32)14-35-24-28-27-22(31(24)20-9-5-3-7-18(20)25)13-29-16-26-19-8-4-6-10-21(19)29/h3-10,16-17H,2,11-15H2,1H3. The molecule has 5 rings (SSSR count). The van der Waals surface area contributed by atoms with E-state index in [0.29, 0.717) is 41.2 Å². The van der Waals surface area contributed by atoms with E-state index in [4.69, 9.17) is 11.6 Å². The molecule has 1 unspecified atom stereocenters. The molecule has 3 heterocycles. The van der Waals surface area contributed by atoms with Gasteiger partial charge in [0.05, 0.1) is 51.9 Å². The van der Waals surface area contributed by atoms with E-state index in [2.05, 4.69) is 15.2 Å². The molecule has 2 aromatic heterocycles. The Morgan fingerprint density at radius 2 is 1.94 bits per heavy atom. The molecule has 1 saturated heterocycles. The Morgan fingerprint density at radius 3 is 2.69 bits per heavy atom. The third kappa shape index (κ3) is 5.00. The van der Waals surface area contributed by atoms with E-state index in [1.165, 1.54) is 11.8 Å². The van der Waals surface area contributed by atoms with Crippen molar-refractivity contribution in [1.82, 2.24) is 29.2 Å². The second kappa shape index (κ2) is 10.2. The summed E-state index contributed by atoms with van der Waals surface area (Å²) >= 11 is 7.81. The van der Waals surface area contributed by atoms with Gasteiger partial charge in [-0.2, -0.15) is 0 Å². The number of hydrogen-bond donors (Lipinski definition) is 0. The Balaban J connectivity index is 1.42. The zero-order chi connectivity index (χ0) is 25.3. The molecule has 0 N–H and O–H groups in total. The average molecular weight is 545 g/mol. The van der Waals surface area contributed by atoms with Crippen LogP contribution in [0.15, 0.2) is 60.0 Å². The van der Waals surface area contributed by atoms with Gasteiger partial charge in [-0.3, -0.25) is 9.36 Å². The van der Waals surface area contributed by atoms with Crippen LogP contribution >= 0.6 is 23.4 Å². The van der Waals surface area contributed by atoms with Crippen molar-refractivity contribution in [2.75, 3.05) is 23.8 Å². The van der Waals surface area contributed by atoms with Crippen molar-refractivity contribution < 1.29 is 13.2 Å². The Bertz CT molecular complexity index is 1520. The highest BCUT2D eigenvalue weighted by Crippen LogP contribution is 2.29. The molecule has 12 heteroatoms. The molecule has 0 spiro atoms. The fraction of sp³-hybridized carbons (Fsp3) is 0.333. The predicted molar refractivity (Wildman–Crippen MR) is 140 cm³/mol. The van der Waals surface area contributed by atoms with Crippen molar-refractivity contribution >= 4 is 50.1 Å². The Morgan fingerprint density at radius 1 is 1.17 bits per heavy atom. The lowest BCUT2D eigenvalue weighted by Gasteiger charge is -2.26.